The Morgan fingerprint density at radius 3 is 2.71 bits per heavy atom. The number of H-pyrrole nitrogens is 1. The number of halogens is 4. The molecule has 0 aliphatic heterocycles. The van der Waals surface area contributed by atoms with Crippen LogP contribution in [0.2, 0.25) is 5.15 Å². The Hall–Kier alpha value is -2.09. The molecule has 21 heavy (non-hydrogen) atoms. The van der Waals surface area contributed by atoms with Gasteiger partial charge in [0.2, 0.25) is 0 Å². The van der Waals surface area contributed by atoms with Crippen LogP contribution < -0.4 is 5.56 Å². The van der Waals surface area contributed by atoms with Gasteiger partial charge < -0.3 is 9.72 Å². The van der Waals surface area contributed by atoms with E-state index in [-0.39, 0.29) is 5.52 Å². The van der Waals surface area contributed by atoms with Crippen LogP contribution in [-0.2, 0) is 22.1 Å². The van der Waals surface area contributed by atoms with Gasteiger partial charge in [0.15, 0.2) is 0 Å². The zero-order valence-electron chi connectivity index (χ0n) is 10.5. The third-order valence-corrected chi connectivity index (χ3v) is 3.10. The lowest BCUT2D eigenvalue weighted by Gasteiger charge is -2.15. The Balaban J connectivity index is 2.90. The smallest absolute Gasteiger partial charge is 0.417 e. The lowest BCUT2D eigenvalue weighted by atomic mass is 10.0. The second kappa shape index (κ2) is 5.36. The number of ether oxygens (including phenoxy) is 1. The fourth-order valence-corrected chi connectivity index (χ4v) is 2.19. The first-order chi connectivity index (χ1) is 9.75. The second-order valence-electron chi connectivity index (χ2n) is 4.08. The van der Waals surface area contributed by atoms with Gasteiger partial charge in [0, 0.05) is 17.1 Å². The van der Waals surface area contributed by atoms with Crippen LogP contribution in [-0.4, -0.2) is 23.0 Å². The number of carbonyl (C=O) groups excluding carboxylic acids is 1. The van der Waals surface area contributed by atoms with Crippen molar-refractivity contribution in [3.63, 3.8) is 0 Å². The van der Waals surface area contributed by atoms with Crippen molar-refractivity contribution in [2.24, 2.45) is 0 Å². The van der Waals surface area contributed by atoms with Gasteiger partial charge in [-0.05, 0) is 6.07 Å². The molecule has 112 valence electrons. The highest BCUT2D eigenvalue weighted by molar-refractivity contribution is 6.34. The number of nitrogens with zero attached hydrogens (tertiary/aromatic N) is 1. The minimum atomic E-state index is -4.87. The molecule has 2 rings (SSSR count). The molecular formula is C12H8ClF3N2O3. The summed E-state index contributed by atoms with van der Waals surface area (Å²) in [4.78, 5) is 28.9. The topological polar surface area (TPSA) is 72.0 Å². The SMILES string of the molecule is COC(=O)Cc1c(C(F)(F)F)c2c(Cl)nccc2[nH]c1=O. The minimum Gasteiger partial charge on any atom is -0.469 e. The fourth-order valence-electron chi connectivity index (χ4n) is 1.94. The molecule has 0 atom stereocenters. The molecule has 0 radical (unpaired) electrons. The molecular weight excluding hydrogens is 313 g/mol. The average molecular weight is 321 g/mol. The molecule has 0 saturated carbocycles. The quantitative estimate of drug-likeness (QED) is 0.681. The number of aromatic nitrogens is 2. The molecule has 0 amide bonds. The average Bonchev–Trinajstić information content (AvgIpc) is 2.38. The number of hydrogen-bond donors (Lipinski definition) is 1. The van der Waals surface area contributed by atoms with Crippen molar-refractivity contribution < 1.29 is 22.7 Å². The van der Waals surface area contributed by atoms with Gasteiger partial charge >= 0.3 is 12.1 Å². The Labute approximate surface area is 120 Å². The molecule has 0 unspecified atom stereocenters. The van der Waals surface area contributed by atoms with Crippen molar-refractivity contribution in [3.05, 3.63) is 38.9 Å². The van der Waals surface area contributed by atoms with Crippen LogP contribution in [0.4, 0.5) is 13.2 Å². The van der Waals surface area contributed by atoms with E-state index in [1.807, 2.05) is 0 Å². The number of hydrogen-bond acceptors (Lipinski definition) is 4. The first-order valence-electron chi connectivity index (χ1n) is 5.59. The number of rotatable bonds is 2. The molecule has 2 aromatic heterocycles. The minimum absolute atomic E-state index is 0.110. The summed E-state index contributed by atoms with van der Waals surface area (Å²) in [6, 6.07) is 1.19. The summed E-state index contributed by atoms with van der Waals surface area (Å²) < 4.78 is 44.2. The van der Waals surface area contributed by atoms with Crippen molar-refractivity contribution in [2.45, 2.75) is 12.6 Å². The van der Waals surface area contributed by atoms with Crippen molar-refractivity contribution in [2.75, 3.05) is 7.11 Å². The maximum Gasteiger partial charge on any atom is 0.417 e. The summed E-state index contributed by atoms with van der Waals surface area (Å²) in [5.41, 5.74) is -3.16. The number of alkyl halides is 3. The number of carbonyl (C=O) groups is 1. The number of esters is 1. The van der Waals surface area contributed by atoms with E-state index in [1.54, 1.807) is 0 Å². The number of fused-ring (bicyclic) bond motifs is 1. The van der Waals surface area contributed by atoms with Gasteiger partial charge in [0.25, 0.3) is 5.56 Å². The summed E-state index contributed by atoms with van der Waals surface area (Å²) in [6.07, 6.45) is -4.52. The molecule has 1 N–H and O–H groups in total. The summed E-state index contributed by atoms with van der Waals surface area (Å²) in [7, 11) is 1.01. The molecule has 9 heteroatoms. The molecule has 0 fully saturated rings. The predicted molar refractivity (Wildman–Crippen MR) is 68.1 cm³/mol. The Morgan fingerprint density at radius 2 is 2.14 bits per heavy atom. The van der Waals surface area contributed by atoms with Gasteiger partial charge in [-0.15, -0.1) is 0 Å². The van der Waals surface area contributed by atoms with Crippen LogP contribution in [0.15, 0.2) is 17.1 Å². The molecule has 2 heterocycles. The predicted octanol–water partition coefficient (Wildman–Crippen LogP) is 2.31. The monoisotopic (exact) mass is 320 g/mol. The molecule has 0 aromatic carbocycles. The largest absolute Gasteiger partial charge is 0.469 e. The van der Waals surface area contributed by atoms with Gasteiger partial charge in [-0.2, -0.15) is 13.2 Å². The second-order valence-corrected chi connectivity index (χ2v) is 4.44. The van der Waals surface area contributed by atoms with Gasteiger partial charge in [0.05, 0.1) is 24.6 Å². The van der Waals surface area contributed by atoms with E-state index in [0.29, 0.717) is 0 Å². The highest BCUT2D eigenvalue weighted by Crippen LogP contribution is 2.38. The van der Waals surface area contributed by atoms with E-state index in [1.165, 1.54) is 12.3 Å². The van der Waals surface area contributed by atoms with Crippen LogP contribution in [0.5, 0.6) is 0 Å². The molecule has 5 nitrogen and oxygen atoms in total. The summed E-state index contributed by atoms with van der Waals surface area (Å²) >= 11 is 5.71. The standard InChI is InChI=1S/C12H8ClF3N2O3/c1-21-7(19)4-5-9(12(14,15)16)8-6(18-11(5)20)2-3-17-10(8)13/h2-3H,4H2,1H3,(H,18,20). The third kappa shape index (κ3) is 2.85. The zero-order valence-corrected chi connectivity index (χ0v) is 11.3. The summed E-state index contributed by atoms with van der Waals surface area (Å²) in [5, 5.41) is -0.868. The highest BCUT2D eigenvalue weighted by Gasteiger charge is 2.38. The van der Waals surface area contributed by atoms with E-state index >= 15 is 0 Å². The first kappa shape index (κ1) is 15.3. The van der Waals surface area contributed by atoms with E-state index in [0.717, 1.165) is 7.11 Å². The van der Waals surface area contributed by atoms with Crippen molar-refractivity contribution >= 4 is 28.5 Å². The molecule has 0 bridgehead atoms. The number of methoxy groups -OCH3 is 1. The van der Waals surface area contributed by atoms with Gasteiger partial charge in [-0.3, -0.25) is 9.59 Å². The third-order valence-electron chi connectivity index (χ3n) is 2.81. The van der Waals surface area contributed by atoms with Gasteiger partial charge in [-0.25, -0.2) is 4.98 Å². The van der Waals surface area contributed by atoms with Crippen LogP contribution in [0.3, 0.4) is 0 Å². The maximum absolute atomic E-state index is 13.3. The van der Waals surface area contributed by atoms with E-state index in [2.05, 4.69) is 14.7 Å². The van der Waals surface area contributed by atoms with Crippen molar-refractivity contribution in [1.29, 1.82) is 0 Å². The highest BCUT2D eigenvalue weighted by atomic mass is 35.5. The van der Waals surface area contributed by atoms with Crippen LogP contribution in [0.1, 0.15) is 11.1 Å². The fraction of sp³-hybridized carbons (Fsp3) is 0.250. The van der Waals surface area contributed by atoms with Crippen molar-refractivity contribution in [3.8, 4) is 0 Å². The van der Waals surface area contributed by atoms with Crippen LogP contribution >= 0.6 is 11.6 Å². The van der Waals surface area contributed by atoms with E-state index < -0.39 is 45.8 Å². The normalized spacial score (nSPS) is 11.7. The molecule has 2 aromatic rings. The van der Waals surface area contributed by atoms with E-state index in [9.17, 15) is 22.8 Å². The number of aromatic amines is 1. The molecule has 0 aliphatic rings. The summed E-state index contributed by atoms with van der Waals surface area (Å²) in [5.74, 6) is -0.967. The molecule has 0 saturated heterocycles. The summed E-state index contributed by atoms with van der Waals surface area (Å²) in [6.45, 7) is 0. The van der Waals surface area contributed by atoms with Gasteiger partial charge in [0.1, 0.15) is 5.15 Å². The van der Waals surface area contributed by atoms with E-state index in [4.69, 9.17) is 11.6 Å². The van der Waals surface area contributed by atoms with Crippen molar-refractivity contribution in [1.82, 2.24) is 9.97 Å². The van der Waals surface area contributed by atoms with Gasteiger partial charge in [-0.1, -0.05) is 11.6 Å². The lowest BCUT2D eigenvalue weighted by molar-refractivity contribution is -0.141. The maximum atomic E-state index is 13.3. The number of nitrogens with one attached hydrogen (secondary N) is 1. The first-order valence-corrected chi connectivity index (χ1v) is 5.97. The molecule has 0 aliphatic carbocycles. The Bertz CT molecular complexity index is 771. The zero-order chi connectivity index (χ0) is 15.8. The molecule has 0 spiro atoms. The Morgan fingerprint density at radius 1 is 1.48 bits per heavy atom. The number of pyridine rings is 2. The van der Waals surface area contributed by atoms with Crippen LogP contribution in [0, 0.1) is 0 Å². The lowest BCUT2D eigenvalue weighted by Crippen LogP contribution is -2.24. The van der Waals surface area contributed by atoms with Crippen LogP contribution in [0.25, 0.3) is 10.9 Å². The Kier molecular flexibility index (Phi) is 3.91.